The second-order valence-corrected chi connectivity index (χ2v) is 6.03. The van der Waals surface area contributed by atoms with E-state index in [1.807, 2.05) is 0 Å². The van der Waals surface area contributed by atoms with Crippen molar-refractivity contribution in [2.75, 3.05) is 0 Å². The summed E-state index contributed by atoms with van der Waals surface area (Å²) >= 11 is 0. The third-order valence-corrected chi connectivity index (χ3v) is 5.03. The molecule has 1 saturated carbocycles. The molecule has 7 atom stereocenters. The zero-order valence-electron chi connectivity index (χ0n) is 10.6. The highest BCUT2D eigenvalue weighted by Gasteiger charge is 2.60. The van der Waals surface area contributed by atoms with Gasteiger partial charge in [-0.1, -0.05) is 6.92 Å². The molecule has 3 aliphatic rings. The number of aliphatic hydroxyl groups excluding tert-OH is 1. The molecule has 0 spiro atoms. The molecule has 2 heterocycles. The molecule has 18 heavy (non-hydrogen) atoms. The van der Waals surface area contributed by atoms with Gasteiger partial charge in [0.05, 0.1) is 0 Å². The molecule has 0 aromatic heterocycles. The molecule has 0 bridgehead atoms. The molecule has 2 saturated heterocycles. The SMILES string of the molecule is C[C@@H]1CC[C@H]2C[C@H](F)OC3O[C@H](O)CC[C@@H]1[C@]32O. The van der Waals surface area contributed by atoms with Gasteiger partial charge in [0.2, 0.25) is 6.36 Å². The van der Waals surface area contributed by atoms with Crippen molar-refractivity contribution in [3.63, 3.8) is 0 Å². The van der Waals surface area contributed by atoms with Crippen LogP contribution in [0.15, 0.2) is 0 Å². The molecule has 0 aromatic rings. The van der Waals surface area contributed by atoms with E-state index in [9.17, 15) is 14.6 Å². The molecule has 1 unspecified atom stereocenters. The van der Waals surface area contributed by atoms with Gasteiger partial charge in [0.1, 0.15) is 5.60 Å². The largest absolute Gasteiger partial charge is 0.384 e. The highest BCUT2D eigenvalue weighted by Crippen LogP contribution is 2.52. The Labute approximate surface area is 106 Å². The van der Waals surface area contributed by atoms with E-state index in [1.165, 1.54) is 0 Å². The Hall–Kier alpha value is -0.230. The average molecular weight is 260 g/mol. The molecular weight excluding hydrogens is 239 g/mol. The summed E-state index contributed by atoms with van der Waals surface area (Å²) in [6.07, 6.45) is -0.206. The molecule has 5 heteroatoms. The van der Waals surface area contributed by atoms with Crippen LogP contribution in [0, 0.1) is 17.8 Å². The smallest absolute Gasteiger partial charge is 0.202 e. The lowest BCUT2D eigenvalue weighted by Gasteiger charge is -2.53. The third-order valence-electron chi connectivity index (χ3n) is 5.03. The van der Waals surface area contributed by atoms with Crippen molar-refractivity contribution >= 4 is 0 Å². The average Bonchev–Trinajstić information content (AvgIpc) is 2.42. The first-order valence-electron chi connectivity index (χ1n) is 6.87. The molecule has 3 rings (SSSR count). The molecule has 0 radical (unpaired) electrons. The van der Waals surface area contributed by atoms with Crippen LogP contribution >= 0.6 is 0 Å². The molecule has 0 amide bonds. The van der Waals surface area contributed by atoms with Crippen molar-refractivity contribution in [3.05, 3.63) is 0 Å². The normalized spacial score (nSPS) is 56.7. The lowest BCUT2D eigenvalue weighted by Crippen LogP contribution is -2.63. The second-order valence-electron chi connectivity index (χ2n) is 6.03. The number of hydrogen-bond acceptors (Lipinski definition) is 4. The van der Waals surface area contributed by atoms with Crippen LogP contribution in [0.2, 0.25) is 0 Å². The maximum absolute atomic E-state index is 13.6. The molecular formula is C13H21FO4. The summed E-state index contributed by atoms with van der Waals surface area (Å²) in [5, 5.41) is 20.7. The third kappa shape index (κ3) is 1.80. The first kappa shape index (κ1) is 12.8. The van der Waals surface area contributed by atoms with Crippen molar-refractivity contribution in [2.24, 2.45) is 17.8 Å². The van der Waals surface area contributed by atoms with E-state index in [0.29, 0.717) is 18.8 Å². The van der Waals surface area contributed by atoms with Gasteiger partial charge < -0.3 is 19.7 Å². The van der Waals surface area contributed by atoms with Gasteiger partial charge in [-0.05, 0) is 43.4 Å². The minimum atomic E-state index is -1.40. The predicted octanol–water partition coefficient (Wildman–Crippen LogP) is 1.55. The minimum Gasteiger partial charge on any atom is -0.384 e. The van der Waals surface area contributed by atoms with Gasteiger partial charge in [-0.25, -0.2) is 4.39 Å². The van der Waals surface area contributed by atoms with E-state index in [-0.39, 0.29) is 18.3 Å². The number of alkyl halides is 1. The van der Waals surface area contributed by atoms with E-state index in [1.54, 1.807) is 0 Å². The summed E-state index contributed by atoms with van der Waals surface area (Å²) in [7, 11) is 0. The second kappa shape index (κ2) is 4.40. The van der Waals surface area contributed by atoms with E-state index in [4.69, 9.17) is 9.47 Å². The van der Waals surface area contributed by atoms with Crippen LogP contribution < -0.4 is 0 Å². The highest BCUT2D eigenvalue weighted by atomic mass is 19.1. The van der Waals surface area contributed by atoms with E-state index in [2.05, 4.69) is 6.92 Å². The van der Waals surface area contributed by atoms with Crippen molar-refractivity contribution in [1.29, 1.82) is 0 Å². The Balaban J connectivity index is 1.96. The first-order chi connectivity index (χ1) is 8.51. The van der Waals surface area contributed by atoms with Gasteiger partial charge in [0, 0.05) is 6.42 Å². The number of rotatable bonds is 0. The molecule has 2 N–H and O–H groups in total. The van der Waals surface area contributed by atoms with E-state index < -0.39 is 24.5 Å². The van der Waals surface area contributed by atoms with Gasteiger partial charge in [0.25, 0.3) is 0 Å². The van der Waals surface area contributed by atoms with Crippen LogP contribution in [0.4, 0.5) is 4.39 Å². The predicted molar refractivity (Wildman–Crippen MR) is 61.0 cm³/mol. The lowest BCUT2D eigenvalue weighted by molar-refractivity contribution is -0.362. The summed E-state index contributed by atoms with van der Waals surface area (Å²) in [5.74, 6) is 0.242. The maximum atomic E-state index is 13.6. The van der Waals surface area contributed by atoms with Gasteiger partial charge >= 0.3 is 0 Å². The van der Waals surface area contributed by atoms with Gasteiger partial charge in [0.15, 0.2) is 12.6 Å². The molecule has 1 aliphatic carbocycles. The van der Waals surface area contributed by atoms with Crippen molar-refractivity contribution < 1.29 is 24.1 Å². The van der Waals surface area contributed by atoms with Crippen LogP contribution in [0.1, 0.15) is 39.0 Å². The number of halogens is 1. The van der Waals surface area contributed by atoms with E-state index in [0.717, 1.165) is 12.8 Å². The van der Waals surface area contributed by atoms with Crippen molar-refractivity contribution in [2.45, 2.75) is 63.6 Å². The Morgan fingerprint density at radius 3 is 2.72 bits per heavy atom. The number of hydrogen-bond donors (Lipinski definition) is 2. The van der Waals surface area contributed by atoms with Crippen molar-refractivity contribution in [1.82, 2.24) is 0 Å². The molecule has 104 valence electrons. The quantitative estimate of drug-likeness (QED) is 0.694. The van der Waals surface area contributed by atoms with Gasteiger partial charge in [-0.15, -0.1) is 0 Å². The van der Waals surface area contributed by atoms with Gasteiger partial charge in [-0.3, -0.25) is 0 Å². The van der Waals surface area contributed by atoms with Crippen LogP contribution in [0.5, 0.6) is 0 Å². The van der Waals surface area contributed by atoms with Crippen LogP contribution in [0.3, 0.4) is 0 Å². The Kier molecular flexibility index (Phi) is 3.13. The first-order valence-corrected chi connectivity index (χ1v) is 6.87. The fourth-order valence-corrected chi connectivity index (χ4v) is 4.04. The number of ether oxygens (including phenoxy) is 2. The van der Waals surface area contributed by atoms with Gasteiger partial charge in [-0.2, -0.15) is 0 Å². The highest BCUT2D eigenvalue weighted by molar-refractivity contribution is 5.04. The Morgan fingerprint density at radius 2 is 1.94 bits per heavy atom. The maximum Gasteiger partial charge on any atom is 0.202 e. The van der Waals surface area contributed by atoms with Crippen LogP contribution in [-0.4, -0.2) is 34.8 Å². The zero-order valence-corrected chi connectivity index (χ0v) is 10.6. The fourth-order valence-electron chi connectivity index (χ4n) is 4.04. The Morgan fingerprint density at radius 1 is 1.17 bits per heavy atom. The zero-order chi connectivity index (χ0) is 12.9. The molecule has 0 aromatic carbocycles. The number of aliphatic hydroxyl groups is 2. The fraction of sp³-hybridized carbons (Fsp3) is 1.00. The lowest BCUT2D eigenvalue weighted by atomic mass is 9.61. The van der Waals surface area contributed by atoms with Crippen LogP contribution in [0.25, 0.3) is 0 Å². The van der Waals surface area contributed by atoms with Crippen molar-refractivity contribution in [3.8, 4) is 0 Å². The standard InChI is InChI=1S/C13H21FO4/c1-7-2-3-8-6-10(14)17-12-13(8,16)9(7)4-5-11(15)18-12/h7-12,15-16H,2-6H2,1H3/t7-,8+,9+,10-,11+,12?,13+/m1/s1. The summed E-state index contributed by atoms with van der Waals surface area (Å²) in [4.78, 5) is 0. The molecule has 2 aliphatic heterocycles. The van der Waals surface area contributed by atoms with Crippen LogP contribution in [-0.2, 0) is 9.47 Å². The monoisotopic (exact) mass is 260 g/mol. The summed E-state index contributed by atoms with van der Waals surface area (Å²) in [5.41, 5.74) is -1.14. The van der Waals surface area contributed by atoms with E-state index >= 15 is 0 Å². The summed E-state index contributed by atoms with van der Waals surface area (Å²) in [6, 6.07) is 0. The summed E-state index contributed by atoms with van der Waals surface area (Å²) in [6.45, 7) is 2.11. The minimum absolute atomic E-state index is 0.0194. The molecule has 3 fully saturated rings. The molecule has 4 nitrogen and oxygen atoms in total. The topological polar surface area (TPSA) is 58.9 Å². The Bertz CT molecular complexity index is 326. The summed E-state index contributed by atoms with van der Waals surface area (Å²) < 4.78 is 24.0.